The molecule has 234 valence electrons. The number of amides is 2. The quantitative estimate of drug-likeness (QED) is 0.176. The van der Waals surface area contributed by atoms with Crippen LogP contribution >= 0.6 is 27.7 Å². The lowest BCUT2D eigenvalue weighted by atomic mass is 9.79. The van der Waals surface area contributed by atoms with E-state index < -0.39 is 20.0 Å². The number of ether oxygens (including phenoxy) is 1. The maximum absolute atomic E-state index is 15.8. The first kappa shape index (κ1) is 32.4. The maximum atomic E-state index is 15.8. The molecule has 1 aromatic heterocycles. The first-order valence-electron chi connectivity index (χ1n) is 14.9. The number of pyridine rings is 1. The molecule has 4 atom stereocenters. The van der Waals surface area contributed by atoms with Crippen LogP contribution in [0, 0.1) is 34.9 Å². The van der Waals surface area contributed by atoms with E-state index in [-0.39, 0.29) is 46.5 Å². The average Bonchev–Trinajstić information content (AvgIpc) is 3.71. The van der Waals surface area contributed by atoms with Gasteiger partial charge in [-0.2, -0.15) is 5.26 Å². The maximum Gasteiger partial charge on any atom is 0.410 e. The van der Waals surface area contributed by atoms with Gasteiger partial charge in [-0.3, -0.25) is 4.90 Å². The Morgan fingerprint density at radius 2 is 2.11 bits per heavy atom. The molecule has 1 aromatic carbocycles. The zero-order valence-corrected chi connectivity index (χ0v) is 28.8. The number of hydrogen-bond donors (Lipinski definition) is 2. The zero-order chi connectivity index (χ0) is 31.8. The molecule has 0 radical (unpaired) electrons. The van der Waals surface area contributed by atoms with Crippen LogP contribution in [0.2, 0.25) is 25.7 Å². The fourth-order valence-electron chi connectivity index (χ4n) is 6.19. The molecule has 4 heterocycles. The molecule has 1 saturated carbocycles. The van der Waals surface area contributed by atoms with Crippen molar-refractivity contribution < 1.29 is 23.8 Å². The monoisotopic (exact) mass is 701 g/mol. The minimum absolute atomic E-state index is 0.132. The van der Waals surface area contributed by atoms with E-state index in [9.17, 15) is 20.0 Å². The smallest absolute Gasteiger partial charge is 0.410 e. The lowest BCUT2D eigenvalue weighted by Crippen LogP contribution is -2.49. The third kappa shape index (κ3) is 6.51. The van der Waals surface area contributed by atoms with Crippen molar-refractivity contribution in [2.24, 2.45) is 5.92 Å². The highest BCUT2D eigenvalue weighted by Crippen LogP contribution is 2.45. The fraction of sp³-hybridized carbons (Fsp3) is 0.548. The molecule has 0 spiro atoms. The van der Waals surface area contributed by atoms with Gasteiger partial charge in [0.05, 0.1) is 46.5 Å². The number of benzene rings is 1. The van der Waals surface area contributed by atoms with Crippen LogP contribution in [-0.4, -0.2) is 84.2 Å². The van der Waals surface area contributed by atoms with Gasteiger partial charge in [0.15, 0.2) is 5.82 Å². The lowest BCUT2D eigenvalue weighted by molar-refractivity contribution is 0.109. The first-order valence-corrected chi connectivity index (χ1v) is 20.6. The van der Waals surface area contributed by atoms with E-state index in [2.05, 4.69) is 58.8 Å². The van der Waals surface area contributed by atoms with Crippen LogP contribution in [0.3, 0.4) is 0 Å². The van der Waals surface area contributed by atoms with Crippen molar-refractivity contribution in [1.82, 2.24) is 14.8 Å². The Balaban J connectivity index is 1.55. The van der Waals surface area contributed by atoms with Gasteiger partial charge >= 0.3 is 12.2 Å². The second kappa shape index (κ2) is 13.2. The Hall–Kier alpha value is -3.00. The molecule has 3 aliphatic heterocycles. The molecule has 6 rings (SSSR count). The topological polar surface area (TPSA) is 119 Å². The van der Waals surface area contributed by atoms with E-state index in [0.717, 1.165) is 18.9 Å². The summed E-state index contributed by atoms with van der Waals surface area (Å²) in [4.78, 5) is 32.6. The van der Waals surface area contributed by atoms with Gasteiger partial charge in [-0.25, -0.2) is 19.0 Å². The number of carboxylic acid groups (broad SMARTS) is 1. The number of halogens is 2. The van der Waals surface area contributed by atoms with Crippen molar-refractivity contribution in [3.8, 4) is 17.9 Å². The number of fused-ring (bicyclic) bond motifs is 2. The molecule has 9 nitrogen and oxygen atoms in total. The predicted octanol–water partition coefficient (Wildman–Crippen LogP) is 6.77. The van der Waals surface area contributed by atoms with Crippen LogP contribution in [0.15, 0.2) is 15.6 Å². The molecule has 2 aromatic rings. The van der Waals surface area contributed by atoms with Gasteiger partial charge in [-0.1, -0.05) is 31.5 Å². The number of hydrogen-bond acceptors (Lipinski definition) is 7. The molecule has 1 aliphatic carbocycles. The average molecular weight is 703 g/mol. The van der Waals surface area contributed by atoms with Crippen molar-refractivity contribution in [2.75, 3.05) is 31.3 Å². The summed E-state index contributed by atoms with van der Waals surface area (Å²) < 4.78 is 21.7. The standard InChI is InChI=1S/C31H37BrFN5O4SSi/c1-43-29-21(10-9-20-8-6-12-37(20)31(41)42-13-14-44(2,3)4)27(35-26-19-16-23(26)38(17-19)30(39)40)22-15-18(7-5-11-34)24(32)25(33)28(22)36-29/h15,19-20,23,26H,5-8,12-14,16-17H2,1-4H3,(H,35,36)(H,39,40)/t19-,20?,23-,26+/m1/s1. The highest BCUT2D eigenvalue weighted by molar-refractivity contribution is 9.10. The number of nitriles is 1. The van der Waals surface area contributed by atoms with Crippen molar-refractivity contribution in [2.45, 2.75) is 80.9 Å². The Morgan fingerprint density at radius 1 is 1.34 bits per heavy atom. The van der Waals surface area contributed by atoms with E-state index in [4.69, 9.17) is 9.72 Å². The van der Waals surface area contributed by atoms with Gasteiger partial charge in [0, 0.05) is 38.9 Å². The summed E-state index contributed by atoms with van der Waals surface area (Å²) in [6, 6.07) is 4.20. The fourth-order valence-corrected chi connectivity index (χ4v) is 7.95. The van der Waals surface area contributed by atoms with E-state index in [1.165, 1.54) is 16.7 Å². The highest BCUT2D eigenvalue weighted by Gasteiger charge is 2.54. The van der Waals surface area contributed by atoms with E-state index >= 15 is 4.39 Å². The van der Waals surface area contributed by atoms with Crippen molar-refractivity contribution in [1.29, 1.82) is 5.26 Å². The van der Waals surface area contributed by atoms with Crippen molar-refractivity contribution in [3.63, 3.8) is 0 Å². The summed E-state index contributed by atoms with van der Waals surface area (Å²) in [5, 5.41) is 23.5. The first-order chi connectivity index (χ1) is 20.9. The molecule has 4 aliphatic rings. The van der Waals surface area contributed by atoms with Crippen LogP contribution in [0.4, 0.5) is 19.7 Å². The van der Waals surface area contributed by atoms with Crippen LogP contribution in [-0.2, 0) is 11.2 Å². The third-order valence-electron chi connectivity index (χ3n) is 8.69. The number of nitrogens with zero attached hydrogens (tertiary/aromatic N) is 4. The summed E-state index contributed by atoms with van der Waals surface area (Å²) in [5.41, 5.74) is 2.00. The molecule has 2 amide bonds. The van der Waals surface area contributed by atoms with E-state index in [1.54, 1.807) is 4.90 Å². The summed E-state index contributed by atoms with van der Waals surface area (Å²) in [5.74, 6) is 6.23. The van der Waals surface area contributed by atoms with Crippen molar-refractivity contribution in [3.05, 3.63) is 27.5 Å². The number of aromatic nitrogens is 1. The minimum atomic E-state index is -1.35. The Kier molecular flexibility index (Phi) is 9.68. The van der Waals surface area contributed by atoms with Crippen LogP contribution in [0.5, 0.6) is 0 Å². The summed E-state index contributed by atoms with van der Waals surface area (Å²) in [7, 11) is -1.35. The molecule has 3 saturated heterocycles. The van der Waals surface area contributed by atoms with Crippen LogP contribution in [0.25, 0.3) is 10.9 Å². The molecule has 2 bridgehead atoms. The third-order valence-corrected chi connectivity index (χ3v) is 11.9. The number of nitrogens with one attached hydrogen (secondary N) is 1. The summed E-state index contributed by atoms with van der Waals surface area (Å²) in [6.07, 6.45) is 3.44. The van der Waals surface area contributed by atoms with Gasteiger partial charge in [0.1, 0.15) is 10.5 Å². The molecule has 1 unspecified atom stereocenters. The number of thioether (sulfide) groups is 1. The zero-order valence-electron chi connectivity index (χ0n) is 25.4. The molecular weight excluding hydrogens is 665 g/mol. The normalized spacial score (nSPS) is 22.3. The van der Waals surface area contributed by atoms with Crippen LogP contribution in [0.1, 0.15) is 36.8 Å². The van der Waals surface area contributed by atoms with Crippen molar-refractivity contribution >= 4 is 64.5 Å². The Bertz CT molecular complexity index is 1590. The SMILES string of the molecule is CSc1nc2c(F)c(Br)c(CCC#N)cc2c(N[C@H]2[C@@H]3C[C@H]2N(C(=O)O)C3)c1C#CC1CCCN1C(=O)OCC[Si](C)(C)C. The van der Waals surface area contributed by atoms with E-state index in [1.807, 2.05) is 12.3 Å². The number of aryl methyl sites for hydroxylation is 1. The van der Waals surface area contributed by atoms with Gasteiger partial charge in [-0.15, -0.1) is 11.8 Å². The molecule has 4 fully saturated rings. The number of carbonyl (C=O) groups is 2. The second-order valence-electron chi connectivity index (χ2n) is 12.8. The summed E-state index contributed by atoms with van der Waals surface area (Å²) >= 11 is 4.73. The second-order valence-corrected chi connectivity index (χ2v) is 20.0. The number of anilines is 1. The number of likely N-dealkylation sites (tertiary alicyclic amines) is 1. The van der Waals surface area contributed by atoms with Gasteiger partial charge < -0.3 is 20.1 Å². The molecule has 44 heavy (non-hydrogen) atoms. The Labute approximate surface area is 271 Å². The Morgan fingerprint density at radius 3 is 2.77 bits per heavy atom. The molecular formula is C31H37BrFN5O4SSi. The largest absolute Gasteiger partial charge is 0.465 e. The van der Waals surface area contributed by atoms with Gasteiger partial charge in [-0.05, 0) is 65.5 Å². The van der Waals surface area contributed by atoms with E-state index in [0.29, 0.717) is 59.8 Å². The minimum Gasteiger partial charge on any atom is -0.465 e. The van der Waals surface area contributed by atoms with Crippen LogP contribution < -0.4 is 5.32 Å². The molecule has 13 heteroatoms. The lowest BCUT2D eigenvalue weighted by Gasteiger charge is -2.37. The number of rotatable bonds is 8. The number of carbonyl (C=O) groups excluding carboxylic acids is 1. The summed E-state index contributed by atoms with van der Waals surface area (Å²) in [6.45, 7) is 8.13. The highest BCUT2D eigenvalue weighted by atomic mass is 79.9. The predicted molar refractivity (Wildman–Crippen MR) is 175 cm³/mol. The van der Waals surface area contributed by atoms with Gasteiger partial charge in [0.2, 0.25) is 0 Å². The van der Waals surface area contributed by atoms with Gasteiger partial charge in [0.25, 0.3) is 0 Å². The molecule has 2 N–H and O–H groups in total.